The Bertz CT molecular complexity index is 1120. The Morgan fingerprint density at radius 2 is 1.78 bits per heavy atom. The SMILES string of the molecule is Nc1c(C(=O)NCc2ccccc2Cl)sc2nc(-c3ccccc3)ccc12. The summed E-state index contributed by atoms with van der Waals surface area (Å²) in [7, 11) is 0. The molecule has 0 aliphatic carbocycles. The Labute approximate surface area is 165 Å². The number of fused-ring (bicyclic) bond motifs is 1. The van der Waals surface area contributed by atoms with E-state index >= 15 is 0 Å². The van der Waals surface area contributed by atoms with Crippen LogP contribution in [-0.2, 0) is 6.54 Å². The first-order valence-electron chi connectivity index (χ1n) is 8.39. The van der Waals surface area contributed by atoms with Crippen molar-refractivity contribution in [3.8, 4) is 11.3 Å². The van der Waals surface area contributed by atoms with Crippen molar-refractivity contribution in [1.29, 1.82) is 0 Å². The third-order valence-corrected chi connectivity index (χ3v) is 5.75. The lowest BCUT2D eigenvalue weighted by Gasteiger charge is -2.06. The minimum atomic E-state index is -0.225. The van der Waals surface area contributed by atoms with Crippen LogP contribution in [0.1, 0.15) is 15.2 Å². The van der Waals surface area contributed by atoms with E-state index in [1.807, 2.05) is 60.7 Å². The normalized spacial score (nSPS) is 10.9. The lowest BCUT2D eigenvalue weighted by molar-refractivity contribution is 0.0956. The fourth-order valence-corrected chi connectivity index (χ4v) is 4.05. The van der Waals surface area contributed by atoms with Gasteiger partial charge < -0.3 is 11.1 Å². The van der Waals surface area contributed by atoms with Crippen molar-refractivity contribution >= 4 is 44.7 Å². The monoisotopic (exact) mass is 393 g/mol. The topological polar surface area (TPSA) is 68.0 Å². The number of halogens is 1. The van der Waals surface area contributed by atoms with E-state index in [0.717, 1.165) is 27.0 Å². The number of thiophene rings is 1. The van der Waals surface area contributed by atoms with Gasteiger partial charge in [0.2, 0.25) is 0 Å². The number of amides is 1. The van der Waals surface area contributed by atoms with Crippen LogP contribution >= 0.6 is 22.9 Å². The van der Waals surface area contributed by atoms with Crippen LogP contribution in [-0.4, -0.2) is 10.9 Å². The molecule has 4 aromatic rings. The fraction of sp³-hybridized carbons (Fsp3) is 0.0476. The lowest BCUT2D eigenvalue weighted by Crippen LogP contribution is -2.22. The minimum absolute atomic E-state index is 0.225. The van der Waals surface area contributed by atoms with Gasteiger partial charge in [-0.25, -0.2) is 4.98 Å². The molecule has 0 aliphatic heterocycles. The second-order valence-electron chi connectivity index (χ2n) is 6.03. The molecule has 2 aromatic heterocycles. The molecule has 0 saturated heterocycles. The molecule has 1 amide bonds. The van der Waals surface area contributed by atoms with Crippen LogP contribution in [0.15, 0.2) is 66.7 Å². The van der Waals surface area contributed by atoms with Crippen LogP contribution in [0, 0.1) is 0 Å². The zero-order chi connectivity index (χ0) is 18.8. The number of rotatable bonds is 4. The number of hydrogen-bond donors (Lipinski definition) is 2. The molecule has 0 unspecified atom stereocenters. The maximum atomic E-state index is 12.6. The molecular weight excluding hydrogens is 378 g/mol. The van der Waals surface area contributed by atoms with Crippen LogP contribution in [0.5, 0.6) is 0 Å². The first-order chi connectivity index (χ1) is 13.1. The number of carbonyl (C=O) groups excluding carboxylic acids is 1. The standard InChI is InChI=1S/C21H16ClN3OS/c22-16-9-5-4-8-14(16)12-24-20(26)19-18(23)15-10-11-17(25-21(15)27-19)13-6-2-1-3-7-13/h1-11H,12,23H2,(H,24,26). The number of nitrogens with zero attached hydrogens (tertiary/aromatic N) is 1. The van der Waals surface area contributed by atoms with Gasteiger partial charge in [-0.3, -0.25) is 4.79 Å². The van der Waals surface area contributed by atoms with Gasteiger partial charge in [-0.15, -0.1) is 11.3 Å². The number of benzene rings is 2. The van der Waals surface area contributed by atoms with Crippen molar-refractivity contribution in [2.75, 3.05) is 5.73 Å². The van der Waals surface area contributed by atoms with Gasteiger partial charge >= 0.3 is 0 Å². The molecule has 3 N–H and O–H groups in total. The maximum absolute atomic E-state index is 12.6. The number of nitrogen functional groups attached to an aromatic ring is 1. The largest absolute Gasteiger partial charge is 0.397 e. The first kappa shape index (κ1) is 17.5. The summed E-state index contributed by atoms with van der Waals surface area (Å²) < 4.78 is 0. The number of anilines is 1. The first-order valence-corrected chi connectivity index (χ1v) is 9.59. The van der Waals surface area contributed by atoms with E-state index in [4.69, 9.17) is 17.3 Å². The molecule has 2 heterocycles. The van der Waals surface area contributed by atoms with Crippen LogP contribution in [0.25, 0.3) is 21.5 Å². The predicted molar refractivity (Wildman–Crippen MR) is 112 cm³/mol. The lowest BCUT2D eigenvalue weighted by atomic mass is 10.1. The number of carbonyl (C=O) groups is 1. The summed E-state index contributed by atoms with van der Waals surface area (Å²) in [5.41, 5.74) is 9.40. The molecule has 0 radical (unpaired) electrons. The molecule has 27 heavy (non-hydrogen) atoms. The Balaban J connectivity index is 1.61. The smallest absolute Gasteiger partial charge is 0.263 e. The summed E-state index contributed by atoms with van der Waals surface area (Å²) >= 11 is 7.44. The van der Waals surface area contributed by atoms with Crippen molar-refractivity contribution in [3.63, 3.8) is 0 Å². The van der Waals surface area contributed by atoms with Crippen molar-refractivity contribution in [2.45, 2.75) is 6.54 Å². The Hall–Kier alpha value is -2.89. The average molecular weight is 394 g/mol. The van der Waals surface area contributed by atoms with Crippen molar-refractivity contribution in [1.82, 2.24) is 10.3 Å². The van der Waals surface area contributed by atoms with E-state index < -0.39 is 0 Å². The molecule has 0 fully saturated rings. The number of aromatic nitrogens is 1. The van der Waals surface area contributed by atoms with Gasteiger partial charge in [0.25, 0.3) is 5.91 Å². The Morgan fingerprint density at radius 3 is 2.56 bits per heavy atom. The molecule has 0 spiro atoms. The van der Waals surface area contributed by atoms with Gasteiger partial charge in [-0.1, -0.05) is 60.1 Å². The van der Waals surface area contributed by atoms with Crippen LogP contribution in [0.4, 0.5) is 5.69 Å². The second kappa shape index (κ2) is 7.39. The molecule has 0 aliphatic rings. The van der Waals surface area contributed by atoms with Crippen molar-refractivity contribution < 1.29 is 4.79 Å². The number of nitrogens with one attached hydrogen (secondary N) is 1. The average Bonchev–Trinajstić information content (AvgIpc) is 3.04. The summed E-state index contributed by atoms with van der Waals surface area (Å²) in [6.45, 7) is 0.342. The van der Waals surface area contributed by atoms with Gasteiger partial charge in [-0.05, 0) is 23.8 Å². The van der Waals surface area contributed by atoms with Gasteiger partial charge in [0.1, 0.15) is 9.71 Å². The van der Waals surface area contributed by atoms with Gasteiger partial charge in [0.05, 0.1) is 11.4 Å². The summed E-state index contributed by atoms with van der Waals surface area (Å²) in [6, 6.07) is 21.2. The van der Waals surface area contributed by atoms with Crippen molar-refractivity contribution in [2.24, 2.45) is 0 Å². The highest BCUT2D eigenvalue weighted by Crippen LogP contribution is 2.34. The summed E-state index contributed by atoms with van der Waals surface area (Å²) in [4.78, 5) is 18.5. The zero-order valence-corrected chi connectivity index (χ0v) is 15.8. The molecule has 134 valence electrons. The Morgan fingerprint density at radius 1 is 1.04 bits per heavy atom. The maximum Gasteiger partial charge on any atom is 0.263 e. The predicted octanol–water partition coefficient (Wildman–Crippen LogP) is 5.13. The third kappa shape index (κ3) is 3.52. The highest BCUT2D eigenvalue weighted by molar-refractivity contribution is 7.21. The van der Waals surface area contributed by atoms with Crippen LogP contribution in [0.3, 0.4) is 0 Å². The number of pyridine rings is 1. The number of hydrogen-bond acceptors (Lipinski definition) is 4. The molecule has 0 bridgehead atoms. The number of nitrogens with two attached hydrogens (primary N) is 1. The van der Waals surface area contributed by atoms with E-state index in [-0.39, 0.29) is 5.91 Å². The van der Waals surface area contributed by atoms with E-state index in [1.165, 1.54) is 11.3 Å². The quantitative estimate of drug-likeness (QED) is 0.505. The molecule has 6 heteroatoms. The van der Waals surface area contributed by atoms with E-state index in [0.29, 0.717) is 22.1 Å². The van der Waals surface area contributed by atoms with Gasteiger partial charge in [-0.2, -0.15) is 0 Å². The van der Waals surface area contributed by atoms with Crippen LogP contribution < -0.4 is 11.1 Å². The highest BCUT2D eigenvalue weighted by Gasteiger charge is 2.18. The van der Waals surface area contributed by atoms with E-state index in [1.54, 1.807) is 6.07 Å². The summed E-state index contributed by atoms with van der Waals surface area (Å²) in [5.74, 6) is -0.225. The molecule has 4 nitrogen and oxygen atoms in total. The fourth-order valence-electron chi connectivity index (χ4n) is 2.83. The third-order valence-electron chi connectivity index (χ3n) is 4.27. The zero-order valence-electron chi connectivity index (χ0n) is 14.3. The minimum Gasteiger partial charge on any atom is -0.397 e. The summed E-state index contributed by atoms with van der Waals surface area (Å²) in [6.07, 6.45) is 0. The van der Waals surface area contributed by atoms with Gasteiger partial charge in [0.15, 0.2) is 0 Å². The molecule has 0 saturated carbocycles. The highest BCUT2D eigenvalue weighted by atomic mass is 35.5. The molecular formula is C21H16ClN3OS. The summed E-state index contributed by atoms with van der Waals surface area (Å²) in [5, 5.41) is 4.30. The molecule has 2 aromatic carbocycles. The van der Waals surface area contributed by atoms with Gasteiger partial charge in [0, 0.05) is 22.5 Å². The van der Waals surface area contributed by atoms with E-state index in [9.17, 15) is 4.79 Å². The second-order valence-corrected chi connectivity index (χ2v) is 7.44. The molecule has 4 rings (SSSR count). The molecule has 0 atom stereocenters. The van der Waals surface area contributed by atoms with Crippen LogP contribution in [0.2, 0.25) is 5.02 Å². The van der Waals surface area contributed by atoms with E-state index in [2.05, 4.69) is 10.3 Å². The van der Waals surface area contributed by atoms with Crippen molar-refractivity contribution in [3.05, 3.63) is 82.2 Å². The Kier molecular flexibility index (Phi) is 4.79.